The maximum Gasteiger partial charge on any atom is 0.107 e. The first-order valence-corrected chi connectivity index (χ1v) is 5.93. The molecule has 0 spiro atoms. The van der Waals surface area contributed by atoms with Gasteiger partial charge in [-0.25, -0.2) is 4.39 Å². The first kappa shape index (κ1) is 12.5. The highest BCUT2D eigenvalue weighted by molar-refractivity contribution is 7.98. The van der Waals surface area contributed by atoms with Crippen molar-refractivity contribution in [3.8, 4) is 0 Å². The Kier molecular flexibility index (Phi) is 5.08. The SMILES string of the molecule is CO[C@H](c1ccc(SC)cc1)[C@H](N)CF. The number of benzene rings is 1. The van der Waals surface area contributed by atoms with E-state index in [1.807, 2.05) is 30.5 Å². The molecule has 0 aliphatic heterocycles. The minimum Gasteiger partial charge on any atom is -0.375 e. The van der Waals surface area contributed by atoms with Gasteiger partial charge in [0.05, 0.1) is 12.1 Å². The van der Waals surface area contributed by atoms with E-state index in [4.69, 9.17) is 10.5 Å². The van der Waals surface area contributed by atoms with E-state index in [-0.39, 0.29) is 6.10 Å². The van der Waals surface area contributed by atoms with Crippen molar-refractivity contribution in [2.45, 2.75) is 17.0 Å². The Morgan fingerprint density at radius 1 is 1.40 bits per heavy atom. The van der Waals surface area contributed by atoms with E-state index in [2.05, 4.69) is 0 Å². The van der Waals surface area contributed by atoms with Crippen LogP contribution in [-0.2, 0) is 4.74 Å². The van der Waals surface area contributed by atoms with Crippen molar-refractivity contribution >= 4 is 11.8 Å². The van der Waals surface area contributed by atoms with Gasteiger partial charge in [0, 0.05) is 12.0 Å². The molecule has 0 saturated heterocycles. The van der Waals surface area contributed by atoms with Crippen LogP contribution in [0.4, 0.5) is 4.39 Å². The van der Waals surface area contributed by atoms with Crippen molar-refractivity contribution in [2.24, 2.45) is 5.73 Å². The lowest BCUT2D eigenvalue weighted by atomic mass is 10.0. The van der Waals surface area contributed by atoms with E-state index >= 15 is 0 Å². The number of hydrogen-bond acceptors (Lipinski definition) is 3. The Morgan fingerprint density at radius 3 is 2.40 bits per heavy atom. The van der Waals surface area contributed by atoms with E-state index in [0.29, 0.717) is 0 Å². The highest BCUT2D eigenvalue weighted by atomic mass is 32.2. The molecule has 0 heterocycles. The normalized spacial score (nSPS) is 14.9. The highest BCUT2D eigenvalue weighted by Crippen LogP contribution is 2.23. The number of methoxy groups -OCH3 is 1. The van der Waals surface area contributed by atoms with Gasteiger partial charge in [-0.1, -0.05) is 12.1 Å². The number of thioether (sulfide) groups is 1. The summed E-state index contributed by atoms with van der Waals surface area (Å²) >= 11 is 1.66. The summed E-state index contributed by atoms with van der Waals surface area (Å²) in [5.74, 6) is 0. The zero-order valence-electron chi connectivity index (χ0n) is 8.94. The van der Waals surface area contributed by atoms with Gasteiger partial charge >= 0.3 is 0 Å². The zero-order chi connectivity index (χ0) is 11.3. The van der Waals surface area contributed by atoms with E-state index < -0.39 is 12.7 Å². The molecule has 1 rings (SSSR count). The van der Waals surface area contributed by atoms with Crippen molar-refractivity contribution in [1.29, 1.82) is 0 Å². The summed E-state index contributed by atoms with van der Waals surface area (Å²) in [6, 6.07) is 7.22. The molecule has 0 saturated carbocycles. The predicted octanol–water partition coefficient (Wildman–Crippen LogP) is 2.39. The molecule has 0 unspecified atom stereocenters. The Morgan fingerprint density at radius 2 is 2.00 bits per heavy atom. The van der Waals surface area contributed by atoms with E-state index in [9.17, 15) is 4.39 Å². The maximum absolute atomic E-state index is 12.4. The molecular weight excluding hydrogens is 213 g/mol. The number of hydrogen-bond donors (Lipinski definition) is 1. The summed E-state index contributed by atoms with van der Waals surface area (Å²) < 4.78 is 17.6. The molecule has 0 bridgehead atoms. The van der Waals surface area contributed by atoms with Gasteiger partial charge in [-0.05, 0) is 24.0 Å². The van der Waals surface area contributed by atoms with Crippen LogP contribution in [0.2, 0.25) is 0 Å². The van der Waals surface area contributed by atoms with Crippen LogP contribution < -0.4 is 5.73 Å². The van der Waals surface area contributed by atoms with E-state index in [1.54, 1.807) is 18.9 Å². The number of rotatable bonds is 5. The molecule has 0 radical (unpaired) electrons. The first-order valence-electron chi connectivity index (χ1n) is 4.71. The predicted molar refractivity (Wildman–Crippen MR) is 61.9 cm³/mol. The molecule has 0 aliphatic carbocycles. The lowest BCUT2D eigenvalue weighted by Gasteiger charge is -2.20. The van der Waals surface area contributed by atoms with Crippen LogP contribution in [0.25, 0.3) is 0 Å². The van der Waals surface area contributed by atoms with Crippen molar-refractivity contribution in [2.75, 3.05) is 20.0 Å². The topological polar surface area (TPSA) is 35.2 Å². The Bertz CT molecular complexity index is 291. The Hall–Kier alpha value is -0.580. The third-order valence-electron chi connectivity index (χ3n) is 2.27. The maximum atomic E-state index is 12.4. The molecule has 0 amide bonds. The molecule has 84 valence electrons. The lowest BCUT2D eigenvalue weighted by Crippen LogP contribution is -2.31. The van der Waals surface area contributed by atoms with Gasteiger partial charge in [-0.2, -0.15) is 0 Å². The summed E-state index contributed by atoms with van der Waals surface area (Å²) in [6.07, 6.45) is 1.64. The summed E-state index contributed by atoms with van der Waals surface area (Å²) in [5.41, 5.74) is 6.54. The zero-order valence-corrected chi connectivity index (χ0v) is 9.76. The Labute approximate surface area is 94.0 Å². The summed E-state index contributed by atoms with van der Waals surface area (Å²) in [4.78, 5) is 1.17. The minimum atomic E-state index is -0.602. The van der Waals surface area contributed by atoms with Gasteiger partial charge in [0.2, 0.25) is 0 Å². The van der Waals surface area contributed by atoms with Crippen LogP contribution in [0.3, 0.4) is 0 Å². The standard InChI is InChI=1S/C11H16FNOS/c1-14-11(10(13)7-12)8-3-5-9(15-2)6-4-8/h3-6,10-11H,7,13H2,1-2H3/t10-,11-/m1/s1. The second-order valence-corrected chi connectivity index (χ2v) is 4.13. The Balaban J connectivity index is 2.83. The van der Waals surface area contributed by atoms with Gasteiger partial charge in [0.25, 0.3) is 0 Å². The molecular formula is C11H16FNOS. The first-order chi connectivity index (χ1) is 7.22. The fourth-order valence-electron chi connectivity index (χ4n) is 1.43. The third kappa shape index (κ3) is 3.19. The molecule has 1 aromatic carbocycles. The van der Waals surface area contributed by atoms with Crippen LogP contribution in [0, 0.1) is 0 Å². The largest absolute Gasteiger partial charge is 0.375 e. The fraction of sp³-hybridized carbons (Fsp3) is 0.455. The minimum absolute atomic E-state index is 0.370. The third-order valence-corrected chi connectivity index (χ3v) is 3.01. The number of nitrogens with two attached hydrogens (primary N) is 1. The monoisotopic (exact) mass is 229 g/mol. The van der Waals surface area contributed by atoms with Crippen LogP contribution in [-0.4, -0.2) is 26.1 Å². The number of halogens is 1. The second-order valence-electron chi connectivity index (χ2n) is 3.25. The number of ether oxygens (including phenoxy) is 1. The number of alkyl halides is 1. The highest BCUT2D eigenvalue weighted by Gasteiger charge is 2.18. The average molecular weight is 229 g/mol. The van der Waals surface area contributed by atoms with E-state index in [0.717, 1.165) is 5.56 Å². The fourth-order valence-corrected chi connectivity index (χ4v) is 1.84. The molecule has 0 fully saturated rings. The molecule has 0 aliphatic rings. The van der Waals surface area contributed by atoms with Gasteiger partial charge in [-0.3, -0.25) is 0 Å². The average Bonchev–Trinajstić information content (AvgIpc) is 2.30. The van der Waals surface area contributed by atoms with Crippen molar-refractivity contribution < 1.29 is 9.13 Å². The van der Waals surface area contributed by atoms with E-state index in [1.165, 1.54) is 4.90 Å². The van der Waals surface area contributed by atoms with Crippen LogP contribution in [0.5, 0.6) is 0 Å². The molecule has 2 N–H and O–H groups in total. The van der Waals surface area contributed by atoms with Gasteiger partial charge in [-0.15, -0.1) is 11.8 Å². The van der Waals surface area contributed by atoms with Crippen molar-refractivity contribution in [1.82, 2.24) is 0 Å². The quantitative estimate of drug-likeness (QED) is 0.787. The summed E-state index contributed by atoms with van der Waals surface area (Å²) in [6.45, 7) is -0.581. The lowest BCUT2D eigenvalue weighted by molar-refractivity contribution is 0.0720. The van der Waals surface area contributed by atoms with Gasteiger partial charge in [0.1, 0.15) is 6.67 Å². The molecule has 15 heavy (non-hydrogen) atoms. The van der Waals surface area contributed by atoms with Gasteiger partial charge in [0.15, 0.2) is 0 Å². The summed E-state index contributed by atoms with van der Waals surface area (Å²) in [7, 11) is 1.54. The van der Waals surface area contributed by atoms with Crippen molar-refractivity contribution in [3.63, 3.8) is 0 Å². The molecule has 1 aromatic rings. The van der Waals surface area contributed by atoms with Crippen LogP contribution >= 0.6 is 11.8 Å². The van der Waals surface area contributed by atoms with Crippen LogP contribution in [0.1, 0.15) is 11.7 Å². The molecule has 4 heteroatoms. The second kappa shape index (κ2) is 6.10. The molecule has 2 nitrogen and oxygen atoms in total. The van der Waals surface area contributed by atoms with Crippen LogP contribution in [0.15, 0.2) is 29.2 Å². The van der Waals surface area contributed by atoms with Crippen molar-refractivity contribution in [3.05, 3.63) is 29.8 Å². The van der Waals surface area contributed by atoms with Gasteiger partial charge < -0.3 is 10.5 Å². The smallest absolute Gasteiger partial charge is 0.107 e. The molecule has 2 atom stereocenters. The molecule has 0 aromatic heterocycles. The summed E-state index contributed by atoms with van der Waals surface area (Å²) in [5, 5.41) is 0.